The van der Waals surface area contributed by atoms with Crippen molar-refractivity contribution >= 4 is 11.8 Å². The van der Waals surface area contributed by atoms with Gasteiger partial charge in [0.25, 0.3) is 11.8 Å². The maximum Gasteiger partial charge on any atom is 0.263 e. The first-order chi connectivity index (χ1) is 9.70. The molecular formula is C15H12N2O3. The number of hydrogen-bond acceptors (Lipinski definition) is 4. The van der Waals surface area contributed by atoms with Crippen molar-refractivity contribution in [2.24, 2.45) is 0 Å². The van der Waals surface area contributed by atoms with Gasteiger partial charge < -0.3 is 5.11 Å². The summed E-state index contributed by atoms with van der Waals surface area (Å²) < 4.78 is 0. The molecule has 0 radical (unpaired) electrons. The highest BCUT2D eigenvalue weighted by Gasteiger charge is 2.35. The Labute approximate surface area is 115 Å². The average Bonchev–Trinajstić information content (AvgIpc) is 2.73. The molecule has 5 heteroatoms. The number of aromatic nitrogens is 1. The van der Waals surface area contributed by atoms with Crippen LogP contribution in [0, 0.1) is 0 Å². The summed E-state index contributed by atoms with van der Waals surface area (Å²) in [7, 11) is 0. The monoisotopic (exact) mass is 268 g/mol. The van der Waals surface area contributed by atoms with E-state index in [9.17, 15) is 9.59 Å². The minimum absolute atomic E-state index is 0.0696. The fourth-order valence-electron chi connectivity index (χ4n) is 2.29. The summed E-state index contributed by atoms with van der Waals surface area (Å²) in [5.74, 6) is -0.630. The van der Waals surface area contributed by atoms with Crippen LogP contribution in [0.15, 0.2) is 42.7 Å². The quantitative estimate of drug-likeness (QED) is 0.853. The van der Waals surface area contributed by atoms with Crippen LogP contribution in [0.3, 0.4) is 0 Å². The van der Waals surface area contributed by atoms with E-state index in [0.29, 0.717) is 11.1 Å². The van der Waals surface area contributed by atoms with Crippen LogP contribution in [-0.4, -0.2) is 26.8 Å². The van der Waals surface area contributed by atoms with Gasteiger partial charge in [0.05, 0.1) is 24.3 Å². The van der Waals surface area contributed by atoms with Crippen LogP contribution in [0.25, 0.3) is 0 Å². The Bertz CT molecular complexity index is 662. The number of amides is 2. The van der Waals surface area contributed by atoms with E-state index in [1.54, 1.807) is 24.3 Å². The van der Waals surface area contributed by atoms with Gasteiger partial charge in [-0.25, -0.2) is 0 Å². The molecule has 2 amide bonds. The Morgan fingerprint density at radius 1 is 1.05 bits per heavy atom. The van der Waals surface area contributed by atoms with Gasteiger partial charge in [-0.2, -0.15) is 0 Å². The number of carbonyl (C=O) groups is 2. The zero-order valence-corrected chi connectivity index (χ0v) is 10.6. The van der Waals surface area contributed by atoms with Crippen LogP contribution < -0.4 is 0 Å². The molecule has 0 aliphatic carbocycles. The standard InChI is InChI=1S/C15H12N2O3/c18-9-11-3-1-2-10(6-11)8-17-14(19)12-4-5-16-7-13(12)15(17)20/h1-7,18H,8-9H2. The smallest absolute Gasteiger partial charge is 0.263 e. The second-order valence-electron chi connectivity index (χ2n) is 4.60. The van der Waals surface area contributed by atoms with E-state index in [1.165, 1.54) is 17.3 Å². The van der Waals surface area contributed by atoms with Crippen LogP contribution in [0.5, 0.6) is 0 Å². The second-order valence-corrected chi connectivity index (χ2v) is 4.60. The fourth-order valence-corrected chi connectivity index (χ4v) is 2.29. The molecule has 3 rings (SSSR count). The summed E-state index contributed by atoms with van der Waals surface area (Å²) in [4.78, 5) is 29.5. The Morgan fingerprint density at radius 2 is 1.80 bits per heavy atom. The molecule has 0 unspecified atom stereocenters. The Hall–Kier alpha value is -2.53. The summed E-state index contributed by atoms with van der Waals surface area (Å²) in [5, 5.41) is 9.11. The molecular weight excluding hydrogens is 256 g/mol. The largest absolute Gasteiger partial charge is 0.392 e. The third-order valence-corrected chi connectivity index (χ3v) is 3.29. The van der Waals surface area contributed by atoms with Gasteiger partial charge in [-0.1, -0.05) is 24.3 Å². The zero-order valence-electron chi connectivity index (χ0n) is 10.6. The van der Waals surface area contributed by atoms with Crippen molar-refractivity contribution in [2.75, 3.05) is 0 Å². The number of pyridine rings is 1. The topological polar surface area (TPSA) is 70.5 Å². The molecule has 100 valence electrons. The SMILES string of the molecule is O=C1c2ccncc2C(=O)N1Cc1cccc(CO)c1. The number of fused-ring (bicyclic) bond motifs is 1. The molecule has 1 aliphatic heterocycles. The normalized spacial score (nSPS) is 13.8. The molecule has 1 aliphatic rings. The molecule has 1 N–H and O–H groups in total. The van der Waals surface area contributed by atoms with Gasteiger partial charge >= 0.3 is 0 Å². The molecule has 1 aromatic carbocycles. The van der Waals surface area contributed by atoms with E-state index in [4.69, 9.17) is 5.11 Å². The summed E-state index contributed by atoms with van der Waals surface area (Å²) >= 11 is 0. The van der Waals surface area contributed by atoms with Crippen molar-refractivity contribution in [3.63, 3.8) is 0 Å². The predicted molar refractivity (Wildman–Crippen MR) is 70.8 cm³/mol. The van der Waals surface area contributed by atoms with E-state index in [0.717, 1.165) is 11.1 Å². The van der Waals surface area contributed by atoms with Crippen molar-refractivity contribution < 1.29 is 14.7 Å². The van der Waals surface area contributed by atoms with Crippen LogP contribution in [-0.2, 0) is 13.2 Å². The van der Waals surface area contributed by atoms with Gasteiger partial charge in [0.1, 0.15) is 0 Å². The Morgan fingerprint density at radius 3 is 2.55 bits per heavy atom. The van der Waals surface area contributed by atoms with Crippen LogP contribution in [0.1, 0.15) is 31.8 Å². The van der Waals surface area contributed by atoms with Gasteiger partial charge in [0.15, 0.2) is 0 Å². The summed E-state index contributed by atoms with van der Waals surface area (Å²) in [6, 6.07) is 8.73. The number of imide groups is 1. The van der Waals surface area contributed by atoms with Crippen molar-refractivity contribution in [2.45, 2.75) is 13.2 Å². The Kier molecular flexibility index (Phi) is 3.04. The molecule has 0 bridgehead atoms. The van der Waals surface area contributed by atoms with E-state index in [1.807, 2.05) is 6.07 Å². The molecule has 5 nitrogen and oxygen atoms in total. The number of carbonyl (C=O) groups excluding carboxylic acids is 2. The number of benzene rings is 1. The maximum atomic E-state index is 12.2. The highest BCUT2D eigenvalue weighted by molar-refractivity contribution is 6.21. The number of hydrogen-bond donors (Lipinski definition) is 1. The molecule has 0 saturated carbocycles. The second kappa shape index (κ2) is 4.86. The number of aliphatic hydroxyl groups excluding tert-OH is 1. The molecule has 2 aromatic rings. The van der Waals surface area contributed by atoms with Crippen LogP contribution >= 0.6 is 0 Å². The van der Waals surface area contributed by atoms with Crippen LogP contribution in [0.2, 0.25) is 0 Å². The summed E-state index contributed by atoms with van der Waals surface area (Å²) in [5.41, 5.74) is 2.29. The third kappa shape index (κ3) is 1.98. The van der Waals surface area contributed by atoms with Crippen molar-refractivity contribution in [3.05, 3.63) is 65.0 Å². The lowest BCUT2D eigenvalue weighted by Crippen LogP contribution is -2.29. The van der Waals surface area contributed by atoms with E-state index >= 15 is 0 Å². The molecule has 0 atom stereocenters. The average molecular weight is 268 g/mol. The summed E-state index contributed by atoms with van der Waals surface area (Å²) in [6.07, 6.45) is 2.92. The van der Waals surface area contributed by atoms with E-state index < -0.39 is 0 Å². The molecule has 0 saturated heterocycles. The molecule has 2 heterocycles. The predicted octanol–water partition coefficient (Wildman–Crippen LogP) is 1.37. The van der Waals surface area contributed by atoms with Gasteiger partial charge in [-0.3, -0.25) is 19.5 Å². The fraction of sp³-hybridized carbons (Fsp3) is 0.133. The van der Waals surface area contributed by atoms with Crippen molar-refractivity contribution in [1.82, 2.24) is 9.88 Å². The Balaban J connectivity index is 1.89. The maximum absolute atomic E-state index is 12.2. The minimum Gasteiger partial charge on any atom is -0.392 e. The lowest BCUT2D eigenvalue weighted by molar-refractivity contribution is 0.0642. The lowest BCUT2D eigenvalue weighted by atomic mass is 10.1. The molecule has 0 spiro atoms. The first-order valence-electron chi connectivity index (χ1n) is 6.19. The number of aliphatic hydroxyl groups is 1. The van der Waals surface area contributed by atoms with E-state index in [2.05, 4.69) is 4.98 Å². The first-order valence-corrected chi connectivity index (χ1v) is 6.19. The highest BCUT2D eigenvalue weighted by atomic mass is 16.3. The lowest BCUT2D eigenvalue weighted by Gasteiger charge is -2.14. The number of rotatable bonds is 3. The van der Waals surface area contributed by atoms with Gasteiger partial charge in [0.2, 0.25) is 0 Å². The number of nitrogens with zero attached hydrogens (tertiary/aromatic N) is 2. The summed E-state index contributed by atoms with van der Waals surface area (Å²) in [6.45, 7) is 0.125. The van der Waals surface area contributed by atoms with Crippen molar-refractivity contribution in [3.8, 4) is 0 Å². The third-order valence-electron chi connectivity index (χ3n) is 3.29. The van der Waals surface area contributed by atoms with Crippen LogP contribution in [0.4, 0.5) is 0 Å². The molecule has 1 aromatic heterocycles. The van der Waals surface area contributed by atoms with E-state index in [-0.39, 0.29) is 25.0 Å². The minimum atomic E-state index is -0.326. The van der Waals surface area contributed by atoms with Gasteiger partial charge in [0, 0.05) is 12.4 Å². The molecule has 20 heavy (non-hydrogen) atoms. The van der Waals surface area contributed by atoms with Crippen molar-refractivity contribution in [1.29, 1.82) is 0 Å². The van der Waals surface area contributed by atoms with Gasteiger partial charge in [-0.05, 0) is 17.2 Å². The first kappa shape index (κ1) is 12.5. The van der Waals surface area contributed by atoms with Gasteiger partial charge in [-0.15, -0.1) is 0 Å². The molecule has 0 fully saturated rings. The zero-order chi connectivity index (χ0) is 14.1. The highest BCUT2D eigenvalue weighted by Crippen LogP contribution is 2.23.